The van der Waals surface area contributed by atoms with Gasteiger partial charge in [-0.25, -0.2) is 4.79 Å². The van der Waals surface area contributed by atoms with E-state index in [2.05, 4.69) is 16.0 Å². The van der Waals surface area contributed by atoms with Crippen molar-refractivity contribution in [1.82, 2.24) is 19.7 Å². The Morgan fingerprint density at radius 3 is 2.25 bits per heavy atom. The van der Waals surface area contributed by atoms with Crippen LogP contribution in [0.1, 0.15) is 71.4 Å². The predicted molar refractivity (Wildman–Crippen MR) is 111 cm³/mol. The highest BCUT2D eigenvalue weighted by Crippen LogP contribution is 2.29. The van der Waals surface area contributed by atoms with Crippen molar-refractivity contribution in [3.63, 3.8) is 0 Å². The lowest BCUT2D eigenvalue weighted by Gasteiger charge is -2.37. The number of amides is 3. The molecular weight excluding hydrogens is 352 g/mol. The minimum atomic E-state index is -0.313. The van der Waals surface area contributed by atoms with E-state index in [1.54, 1.807) is 0 Å². The average Bonchev–Trinajstić information content (AvgIpc) is 3.39. The molecule has 2 aliphatic carbocycles. The van der Waals surface area contributed by atoms with Crippen molar-refractivity contribution >= 4 is 11.9 Å². The first-order valence-electron chi connectivity index (χ1n) is 10.7. The van der Waals surface area contributed by atoms with Crippen LogP contribution in [-0.2, 0) is 18.4 Å². The molecule has 0 aliphatic heterocycles. The third-order valence-electron chi connectivity index (χ3n) is 5.76. The Kier molecular flexibility index (Phi) is 6.36. The van der Waals surface area contributed by atoms with Gasteiger partial charge in [-0.15, -0.1) is 0 Å². The second-order valence-electron chi connectivity index (χ2n) is 9.46. The molecule has 2 saturated carbocycles. The molecule has 0 saturated heterocycles. The molecule has 6 heteroatoms. The number of urea groups is 1. The molecule has 0 spiro atoms. The number of carbonyl (C=O) groups is 2. The van der Waals surface area contributed by atoms with E-state index in [1.165, 1.54) is 6.42 Å². The normalized spacial score (nSPS) is 18.0. The monoisotopic (exact) mass is 388 g/mol. The maximum atomic E-state index is 13.3. The third kappa shape index (κ3) is 5.52. The number of hydrogen-bond donors (Lipinski definition) is 1. The lowest BCUT2D eigenvalue weighted by Crippen LogP contribution is -2.55. The Labute approximate surface area is 169 Å². The number of hydrogen-bond acceptors (Lipinski definition) is 2. The fourth-order valence-corrected chi connectivity index (χ4v) is 4.03. The zero-order chi connectivity index (χ0) is 20.3. The molecule has 3 amide bonds. The van der Waals surface area contributed by atoms with Crippen LogP contribution in [0.3, 0.4) is 0 Å². The molecule has 3 rings (SSSR count). The summed E-state index contributed by atoms with van der Waals surface area (Å²) in [5.74, 6) is 0.0679. The van der Waals surface area contributed by atoms with Crippen molar-refractivity contribution < 1.29 is 9.59 Å². The summed E-state index contributed by atoms with van der Waals surface area (Å²) in [4.78, 5) is 30.1. The van der Waals surface area contributed by atoms with Crippen molar-refractivity contribution in [2.75, 3.05) is 6.54 Å². The van der Waals surface area contributed by atoms with Crippen LogP contribution in [0.2, 0.25) is 0 Å². The van der Waals surface area contributed by atoms with Gasteiger partial charge in [0.1, 0.15) is 6.54 Å². The van der Waals surface area contributed by atoms with Crippen molar-refractivity contribution in [2.45, 2.75) is 89.9 Å². The van der Waals surface area contributed by atoms with Crippen LogP contribution < -0.4 is 5.32 Å². The Hall–Kier alpha value is -1.98. The Morgan fingerprint density at radius 1 is 1.07 bits per heavy atom. The Morgan fingerprint density at radius 2 is 1.71 bits per heavy atom. The summed E-state index contributed by atoms with van der Waals surface area (Å²) in [6, 6.07) is 4.45. The molecule has 156 valence electrons. The molecule has 2 aliphatic rings. The highest BCUT2D eigenvalue weighted by atomic mass is 16.2. The first kappa shape index (κ1) is 20.7. The molecule has 6 nitrogen and oxygen atoms in total. The van der Waals surface area contributed by atoms with Gasteiger partial charge in [0.15, 0.2) is 0 Å². The molecule has 0 radical (unpaired) electrons. The van der Waals surface area contributed by atoms with E-state index in [1.807, 2.05) is 49.9 Å². The topological polar surface area (TPSA) is 57.6 Å². The minimum absolute atomic E-state index is 0.0679. The molecule has 28 heavy (non-hydrogen) atoms. The number of nitrogens with zero attached hydrogens (tertiary/aromatic N) is 3. The molecule has 0 unspecified atom stereocenters. The van der Waals surface area contributed by atoms with Gasteiger partial charge in [-0.1, -0.05) is 19.3 Å². The zero-order valence-corrected chi connectivity index (χ0v) is 17.9. The Bertz CT molecular complexity index is 681. The van der Waals surface area contributed by atoms with Crippen LogP contribution in [0.4, 0.5) is 4.79 Å². The van der Waals surface area contributed by atoms with E-state index in [0.29, 0.717) is 12.6 Å². The standard InChI is InChI=1S/C22H36N4O2/c1-22(2,3)23-21(28)26(17-9-6-5-7-10-17)16-20(27)25(18-12-13-18)15-19-11-8-14-24(19)4/h8,11,14,17-18H,5-7,9-10,12-13,15-16H2,1-4H3,(H,23,28). The quantitative estimate of drug-likeness (QED) is 0.808. The minimum Gasteiger partial charge on any atom is -0.353 e. The predicted octanol–water partition coefficient (Wildman–Crippen LogP) is 3.66. The maximum absolute atomic E-state index is 13.3. The first-order valence-corrected chi connectivity index (χ1v) is 10.7. The van der Waals surface area contributed by atoms with Crippen LogP contribution >= 0.6 is 0 Å². The van der Waals surface area contributed by atoms with E-state index in [9.17, 15) is 9.59 Å². The van der Waals surface area contributed by atoms with Gasteiger partial charge in [-0.3, -0.25) is 4.79 Å². The summed E-state index contributed by atoms with van der Waals surface area (Å²) < 4.78 is 2.06. The lowest BCUT2D eigenvalue weighted by molar-refractivity contribution is -0.133. The lowest BCUT2D eigenvalue weighted by atomic mass is 9.94. The molecule has 2 fully saturated rings. The summed E-state index contributed by atoms with van der Waals surface area (Å²) in [6.45, 7) is 6.74. The van der Waals surface area contributed by atoms with Gasteiger partial charge in [0.25, 0.3) is 0 Å². The molecule has 0 bridgehead atoms. The fraction of sp³-hybridized carbons (Fsp3) is 0.727. The van der Waals surface area contributed by atoms with Gasteiger partial charge in [-0.05, 0) is 58.6 Å². The Balaban J connectivity index is 1.72. The molecule has 1 N–H and O–H groups in total. The fourth-order valence-electron chi connectivity index (χ4n) is 4.03. The summed E-state index contributed by atoms with van der Waals surface area (Å²) in [7, 11) is 2.01. The SMILES string of the molecule is Cn1cccc1CN(C(=O)CN(C(=O)NC(C)(C)C)C1CCCCC1)C1CC1. The van der Waals surface area contributed by atoms with Gasteiger partial charge in [0.05, 0.1) is 6.54 Å². The largest absolute Gasteiger partial charge is 0.353 e. The second kappa shape index (κ2) is 8.58. The summed E-state index contributed by atoms with van der Waals surface area (Å²) >= 11 is 0. The molecule has 0 atom stereocenters. The van der Waals surface area contributed by atoms with E-state index < -0.39 is 0 Å². The average molecular weight is 389 g/mol. The van der Waals surface area contributed by atoms with Crippen LogP contribution in [0, 0.1) is 0 Å². The second-order valence-corrected chi connectivity index (χ2v) is 9.46. The number of aryl methyl sites for hydroxylation is 1. The zero-order valence-electron chi connectivity index (χ0n) is 17.9. The van der Waals surface area contributed by atoms with Crippen molar-refractivity contribution in [1.29, 1.82) is 0 Å². The summed E-state index contributed by atoms with van der Waals surface area (Å²) in [5, 5.41) is 3.07. The van der Waals surface area contributed by atoms with Gasteiger partial charge in [0.2, 0.25) is 5.91 Å². The van der Waals surface area contributed by atoms with E-state index in [4.69, 9.17) is 0 Å². The third-order valence-corrected chi connectivity index (χ3v) is 5.76. The highest BCUT2D eigenvalue weighted by molar-refractivity contribution is 5.85. The highest BCUT2D eigenvalue weighted by Gasteiger charge is 2.36. The van der Waals surface area contributed by atoms with E-state index in [-0.39, 0.29) is 30.1 Å². The molecular formula is C22H36N4O2. The number of aromatic nitrogens is 1. The maximum Gasteiger partial charge on any atom is 0.318 e. The van der Waals surface area contributed by atoms with Gasteiger partial charge >= 0.3 is 6.03 Å². The molecule has 0 aromatic carbocycles. The smallest absolute Gasteiger partial charge is 0.318 e. The van der Waals surface area contributed by atoms with Crippen LogP contribution in [0.15, 0.2) is 18.3 Å². The summed E-state index contributed by atoms with van der Waals surface area (Å²) in [6.07, 6.45) is 9.61. The van der Waals surface area contributed by atoms with Crippen LogP contribution in [-0.4, -0.2) is 50.5 Å². The van der Waals surface area contributed by atoms with E-state index in [0.717, 1.165) is 44.2 Å². The van der Waals surface area contributed by atoms with Gasteiger partial charge < -0.3 is 19.7 Å². The molecule has 1 heterocycles. The first-order chi connectivity index (χ1) is 13.2. The summed E-state index contributed by atoms with van der Waals surface area (Å²) in [5.41, 5.74) is 0.815. The van der Waals surface area contributed by atoms with Crippen molar-refractivity contribution in [3.05, 3.63) is 24.0 Å². The number of rotatable bonds is 6. The van der Waals surface area contributed by atoms with E-state index >= 15 is 0 Å². The van der Waals surface area contributed by atoms with Gasteiger partial charge in [-0.2, -0.15) is 0 Å². The van der Waals surface area contributed by atoms with Crippen molar-refractivity contribution in [3.8, 4) is 0 Å². The molecule has 1 aromatic heterocycles. The van der Waals surface area contributed by atoms with Gasteiger partial charge in [0, 0.05) is 36.6 Å². The molecule has 1 aromatic rings. The van der Waals surface area contributed by atoms with Crippen molar-refractivity contribution in [2.24, 2.45) is 7.05 Å². The number of carbonyl (C=O) groups excluding carboxylic acids is 2. The number of nitrogens with one attached hydrogen (secondary N) is 1. The van der Waals surface area contributed by atoms with Crippen LogP contribution in [0.25, 0.3) is 0 Å². The van der Waals surface area contributed by atoms with Crippen LogP contribution in [0.5, 0.6) is 0 Å².